The minimum atomic E-state index is -4.11. The third-order valence-electron chi connectivity index (χ3n) is 4.67. The molecule has 26 heavy (non-hydrogen) atoms. The lowest BCUT2D eigenvalue weighted by Gasteiger charge is -2.37. The van der Waals surface area contributed by atoms with Gasteiger partial charge in [0.15, 0.2) is 0 Å². The molecule has 1 aliphatic rings. The summed E-state index contributed by atoms with van der Waals surface area (Å²) in [5.74, 6) is 0.00343. The molecule has 1 aliphatic heterocycles. The fraction of sp³-hybridized carbons (Fsp3) is 0.632. The summed E-state index contributed by atoms with van der Waals surface area (Å²) in [7, 11) is -4.11. The largest absolute Gasteiger partial charge is 0.318 e. The summed E-state index contributed by atoms with van der Waals surface area (Å²) >= 11 is 3.29. The van der Waals surface area contributed by atoms with Gasteiger partial charge in [-0.2, -0.15) is 13.5 Å². The lowest BCUT2D eigenvalue weighted by atomic mass is 9.89. The van der Waals surface area contributed by atoms with Crippen LogP contribution in [0.15, 0.2) is 17.0 Å². The minimum Gasteiger partial charge on any atom is -0.272 e. The molecule has 2 rings (SSSR count). The van der Waals surface area contributed by atoms with E-state index in [1.807, 2.05) is 39.8 Å². The van der Waals surface area contributed by atoms with Gasteiger partial charge in [0.25, 0.3) is 0 Å². The van der Waals surface area contributed by atoms with Crippen molar-refractivity contribution in [3.8, 4) is 0 Å². The van der Waals surface area contributed by atoms with Crippen LogP contribution >= 0.6 is 15.9 Å². The summed E-state index contributed by atoms with van der Waals surface area (Å²) in [5.41, 5.74) is 2.58. The van der Waals surface area contributed by atoms with Crippen LogP contribution in [-0.2, 0) is 19.2 Å². The van der Waals surface area contributed by atoms with Crippen LogP contribution in [0, 0.1) is 0 Å². The molecule has 1 saturated heterocycles. The highest BCUT2D eigenvalue weighted by Crippen LogP contribution is 2.37. The van der Waals surface area contributed by atoms with Crippen molar-refractivity contribution in [2.24, 2.45) is 0 Å². The maximum absolute atomic E-state index is 13.1. The first-order valence-electron chi connectivity index (χ1n) is 8.99. The molecule has 0 bridgehead atoms. The fourth-order valence-electron chi connectivity index (χ4n) is 3.01. The Kier molecular flexibility index (Phi) is 6.57. The van der Waals surface area contributed by atoms with E-state index in [1.54, 1.807) is 0 Å². The number of alkyl halides is 1. The predicted octanol–water partition coefficient (Wildman–Crippen LogP) is 4.67. The first kappa shape index (κ1) is 21.4. The number of benzene rings is 1. The molecule has 5 nitrogen and oxygen atoms in total. The van der Waals surface area contributed by atoms with Gasteiger partial charge in [-0.1, -0.05) is 69.6 Å². The van der Waals surface area contributed by atoms with Crippen LogP contribution < -0.4 is 0 Å². The first-order chi connectivity index (χ1) is 12.0. The molecule has 146 valence electrons. The van der Waals surface area contributed by atoms with Crippen molar-refractivity contribution in [3.05, 3.63) is 28.8 Å². The molecule has 0 N–H and O–H groups in total. The van der Waals surface area contributed by atoms with Gasteiger partial charge >= 0.3 is 10.1 Å². The summed E-state index contributed by atoms with van der Waals surface area (Å²) in [5, 5.41) is 1.46. The zero-order chi connectivity index (χ0) is 19.8. The monoisotopic (exact) mass is 445 g/mol. The molecule has 1 amide bonds. The van der Waals surface area contributed by atoms with Crippen LogP contribution in [0.3, 0.4) is 0 Å². The Hall–Kier alpha value is -0.920. The Morgan fingerprint density at radius 1 is 1.08 bits per heavy atom. The van der Waals surface area contributed by atoms with Gasteiger partial charge in [-0.05, 0) is 34.4 Å². The van der Waals surface area contributed by atoms with Gasteiger partial charge in [0.2, 0.25) is 5.91 Å². The topological polar surface area (TPSA) is 63.7 Å². The fourth-order valence-corrected chi connectivity index (χ4v) is 5.16. The van der Waals surface area contributed by atoms with Crippen LogP contribution in [-0.4, -0.2) is 30.8 Å². The number of carbonyl (C=O) groups excluding carboxylic acids is 1. The van der Waals surface area contributed by atoms with Gasteiger partial charge in [-0.25, -0.2) is 0 Å². The minimum absolute atomic E-state index is 0.0126. The molecule has 0 aliphatic carbocycles. The maximum Gasteiger partial charge on any atom is 0.318 e. The number of hydrogen-bond acceptors (Lipinski definition) is 4. The SMILES string of the molecule is CC(C)c1cc(C(C)C)c(S(=O)(=O)ON2C(=O)CC2CBr)c(C(C)C)c1. The van der Waals surface area contributed by atoms with E-state index in [9.17, 15) is 13.2 Å². The number of hydroxylamine groups is 2. The Bertz CT molecular complexity index is 758. The number of rotatable bonds is 7. The van der Waals surface area contributed by atoms with Gasteiger partial charge in [-0.15, -0.1) is 4.28 Å². The molecular weight excluding hydrogens is 418 g/mol. The van der Waals surface area contributed by atoms with Gasteiger partial charge in [-0.3, -0.25) is 4.79 Å². The molecule has 1 heterocycles. The van der Waals surface area contributed by atoms with E-state index in [0.29, 0.717) is 11.8 Å². The van der Waals surface area contributed by atoms with Crippen molar-refractivity contribution in [2.45, 2.75) is 76.7 Å². The van der Waals surface area contributed by atoms with Crippen molar-refractivity contribution < 1.29 is 17.5 Å². The zero-order valence-electron chi connectivity index (χ0n) is 16.2. The molecule has 7 heteroatoms. The highest BCUT2D eigenvalue weighted by Gasteiger charge is 2.41. The number of amides is 1. The van der Waals surface area contributed by atoms with Gasteiger partial charge in [0.1, 0.15) is 4.90 Å². The van der Waals surface area contributed by atoms with Crippen molar-refractivity contribution >= 4 is 32.0 Å². The van der Waals surface area contributed by atoms with Gasteiger partial charge in [0.05, 0.1) is 12.5 Å². The van der Waals surface area contributed by atoms with E-state index in [1.165, 1.54) is 0 Å². The van der Waals surface area contributed by atoms with E-state index in [4.69, 9.17) is 4.28 Å². The van der Waals surface area contributed by atoms with Crippen LogP contribution in [0.4, 0.5) is 0 Å². The average Bonchev–Trinajstić information content (AvgIpc) is 2.56. The van der Waals surface area contributed by atoms with Crippen LogP contribution in [0.5, 0.6) is 0 Å². The summed E-state index contributed by atoms with van der Waals surface area (Å²) in [6, 6.07) is 3.66. The molecule has 1 unspecified atom stereocenters. The van der Waals surface area contributed by atoms with Crippen molar-refractivity contribution in [1.82, 2.24) is 5.06 Å². The van der Waals surface area contributed by atoms with E-state index in [2.05, 4.69) is 29.8 Å². The molecule has 0 saturated carbocycles. The predicted molar refractivity (Wildman–Crippen MR) is 106 cm³/mol. The molecule has 1 aromatic rings. The molecule has 0 radical (unpaired) electrons. The third-order valence-corrected chi connectivity index (χ3v) is 6.75. The van der Waals surface area contributed by atoms with Gasteiger partial charge < -0.3 is 0 Å². The quantitative estimate of drug-likeness (QED) is 0.451. The Labute approximate surface area is 165 Å². The number of nitrogens with zero attached hydrogens (tertiary/aromatic N) is 1. The van der Waals surface area contributed by atoms with Crippen LogP contribution in [0.2, 0.25) is 0 Å². The summed E-state index contributed by atoms with van der Waals surface area (Å²) in [4.78, 5) is 12.0. The standard InChI is InChI=1S/C19H28BrNO4S/c1-11(2)14-7-16(12(3)4)19(17(8-14)13(5)6)26(23,24)25-21-15(10-20)9-18(21)22/h7-8,11-13,15H,9-10H2,1-6H3. The molecule has 0 spiro atoms. The summed E-state index contributed by atoms with van der Waals surface area (Å²) in [6.45, 7) is 12.1. The van der Waals surface area contributed by atoms with E-state index < -0.39 is 10.1 Å². The molecule has 1 atom stereocenters. The second kappa shape index (κ2) is 7.98. The Morgan fingerprint density at radius 3 is 1.92 bits per heavy atom. The number of hydrogen-bond donors (Lipinski definition) is 0. The lowest BCUT2D eigenvalue weighted by molar-refractivity contribution is -0.185. The second-order valence-electron chi connectivity index (χ2n) is 7.75. The molecule has 0 aromatic heterocycles. The van der Waals surface area contributed by atoms with E-state index in [-0.39, 0.29) is 34.6 Å². The van der Waals surface area contributed by atoms with Crippen LogP contribution in [0.25, 0.3) is 0 Å². The van der Waals surface area contributed by atoms with Crippen molar-refractivity contribution in [2.75, 3.05) is 5.33 Å². The highest BCUT2D eigenvalue weighted by molar-refractivity contribution is 9.09. The lowest BCUT2D eigenvalue weighted by Crippen LogP contribution is -2.54. The number of halogens is 1. The molecule has 1 aromatic carbocycles. The van der Waals surface area contributed by atoms with Crippen LogP contribution in [0.1, 0.15) is 82.4 Å². The Morgan fingerprint density at radius 2 is 1.58 bits per heavy atom. The van der Waals surface area contributed by atoms with Crippen molar-refractivity contribution in [1.29, 1.82) is 0 Å². The van der Waals surface area contributed by atoms with Gasteiger partial charge in [0, 0.05) is 5.33 Å². The zero-order valence-corrected chi connectivity index (χ0v) is 18.6. The summed E-state index contributed by atoms with van der Waals surface area (Å²) < 4.78 is 31.6. The van der Waals surface area contributed by atoms with E-state index in [0.717, 1.165) is 21.8 Å². The first-order valence-corrected chi connectivity index (χ1v) is 11.5. The highest BCUT2D eigenvalue weighted by atomic mass is 79.9. The number of carbonyl (C=O) groups is 1. The molecular formula is C19H28BrNO4S. The normalized spacial score (nSPS) is 18.2. The van der Waals surface area contributed by atoms with Crippen molar-refractivity contribution in [3.63, 3.8) is 0 Å². The summed E-state index contributed by atoms with van der Waals surface area (Å²) in [6.07, 6.45) is 0.293. The molecule has 1 fully saturated rings. The second-order valence-corrected chi connectivity index (χ2v) is 9.87. The number of β-lactam (4-membered cyclic amide) rings is 1. The average molecular weight is 446 g/mol. The Balaban J connectivity index is 2.60. The van der Waals surface area contributed by atoms with E-state index >= 15 is 0 Å². The smallest absolute Gasteiger partial charge is 0.272 e. The third kappa shape index (κ3) is 4.15. The maximum atomic E-state index is 13.1.